The average Bonchev–Trinajstić information content (AvgIpc) is 2.27. The Morgan fingerprint density at radius 2 is 1.76 bits per heavy atom. The fraction of sp³-hybridized carbons (Fsp3) is 0.667. The standard InChI is InChI=1S/C12H23N5/c1-9(2)7-17(8-10(3)4)12-6-14-5-11(15-12)16-13/h5-6,9-10H,7-8,13H2,1-4H3,(H,15,16). The molecule has 1 heterocycles. The van der Waals surface area contributed by atoms with E-state index in [-0.39, 0.29) is 0 Å². The minimum Gasteiger partial charge on any atom is -0.355 e. The first-order chi connectivity index (χ1) is 8.02. The molecule has 0 atom stereocenters. The topological polar surface area (TPSA) is 67.1 Å². The van der Waals surface area contributed by atoms with Gasteiger partial charge in [-0.1, -0.05) is 27.7 Å². The van der Waals surface area contributed by atoms with Crippen molar-refractivity contribution in [2.24, 2.45) is 17.7 Å². The molecule has 5 nitrogen and oxygen atoms in total. The molecule has 0 aliphatic carbocycles. The highest BCUT2D eigenvalue weighted by Gasteiger charge is 2.12. The highest BCUT2D eigenvalue weighted by molar-refractivity contribution is 5.43. The van der Waals surface area contributed by atoms with Crippen molar-refractivity contribution in [2.75, 3.05) is 23.4 Å². The van der Waals surface area contributed by atoms with Gasteiger partial charge in [0.05, 0.1) is 12.4 Å². The molecule has 0 bridgehead atoms. The van der Waals surface area contributed by atoms with Crippen LogP contribution in [0, 0.1) is 11.8 Å². The molecule has 0 spiro atoms. The number of aromatic nitrogens is 2. The van der Waals surface area contributed by atoms with Crippen molar-refractivity contribution < 1.29 is 0 Å². The van der Waals surface area contributed by atoms with Crippen LogP contribution in [0.3, 0.4) is 0 Å². The first-order valence-corrected chi connectivity index (χ1v) is 6.06. The quantitative estimate of drug-likeness (QED) is 0.584. The summed E-state index contributed by atoms with van der Waals surface area (Å²) in [5, 5.41) is 0. The van der Waals surface area contributed by atoms with Gasteiger partial charge in [0.15, 0.2) is 5.82 Å². The minimum atomic E-state index is 0.588. The van der Waals surface area contributed by atoms with Crippen LogP contribution in [0.5, 0.6) is 0 Å². The van der Waals surface area contributed by atoms with Gasteiger partial charge >= 0.3 is 0 Å². The Morgan fingerprint density at radius 3 is 2.24 bits per heavy atom. The van der Waals surface area contributed by atoms with Gasteiger partial charge in [0.1, 0.15) is 5.82 Å². The Hall–Kier alpha value is -1.36. The van der Waals surface area contributed by atoms with Gasteiger partial charge in [-0.25, -0.2) is 10.8 Å². The molecule has 1 rings (SSSR count). The third kappa shape index (κ3) is 4.56. The second kappa shape index (κ2) is 6.39. The predicted octanol–water partition coefficient (Wildman–Crippen LogP) is 1.88. The number of hydrogen-bond acceptors (Lipinski definition) is 5. The van der Waals surface area contributed by atoms with E-state index in [0.717, 1.165) is 18.9 Å². The van der Waals surface area contributed by atoms with Gasteiger partial charge in [-0.05, 0) is 11.8 Å². The minimum absolute atomic E-state index is 0.588. The SMILES string of the molecule is CC(C)CN(CC(C)C)c1cncc(NN)n1. The Morgan fingerprint density at radius 1 is 1.18 bits per heavy atom. The monoisotopic (exact) mass is 237 g/mol. The third-order valence-electron chi connectivity index (χ3n) is 2.26. The van der Waals surface area contributed by atoms with E-state index in [1.54, 1.807) is 12.4 Å². The van der Waals surface area contributed by atoms with Crippen LogP contribution >= 0.6 is 0 Å². The zero-order valence-corrected chi connectivity index (χ0v) is 11.1. The molecule has 1 aromatic heterocycles. The largest absolute Gasteiger partial charge is 0.355 e. The van der Waals surface area contributed by atoms with Crippen molar-refractivity contribution in [1.29, 1.82) is 0 Å². The fourth-order valence-electron chi connectivity index (χ4n) is 1.72. The van der Waals surface area contributed by atoms with Crippen molar-refractivity contribution in [1.82, 2.24) is 9.97 Å². The molecule has 0 radical (unpaired) electrons. The van der Waals surface area contributed by atoms with E-state index in [0.29, 0.717) is 17.7 Å². The van der Waals surface area contributed by atoms with E-state index in [1.807, 2.05) is 0 Å². The molecule has 3 N–H and O–H groups in total. The Balaban J connectivity index is 2.86. The van der Waals surface area contributed by atoms with E-state index in [4.69, 9.17) is 5.84 Å². The Kier molecular flexibility index (Phi) is 5.15. The smallest absolute Gasteiger partial charge is 0.160 e. The van der Waals surface area contributed by atoms with Crippen LogP contribution < -0.4 is 16.2 Å². The van der Waals surface area contributed by atoms with Crippen LogP contribution in [0.1, 0.15) is 27.7 Å². The number of rotatable bonds is 6. The van der Waals surface area contributed by atoms with Gasteiger partial charge in [-0.3, -0.25) is 4.98 Å². The van der Waals surface area contributed by atoms with E-state index in [2.05, 4.69) is 48.0 Å². The maximum absolute atomic E-state index is 5.35. The second-order valence-corrected chi connectivity index (χ2v) is 5.10. The molecule has 17 heavy (non-hydrogen) atoms. The fourth-order valence-corrected chi connectivity index (χ4v) is 1.72. The van der Waals surface area contributed by atoms with Gasteiger partial charge in [0.2, 0.25) is 0 Å². The van der Waals surface area contributed by atoms with Crippen molar-refractivity contribution in [3.8, 4) is 0 Å². The van der Waals surface area contributed by atoms with Gasteiger partial charge in [-0.15, -0.1) is 0 Å². The number of hydrogen-bond donors (Lipinski definition) is 2. The summed E-state index contributed by atoms with van der Waals surface area (Å²) in [4.78, 5) is 10.8. The summed E-state index contributed by atoms with van der Waals surface area (Å²) < 4.78 is 0. The number of nitrogens with zero attached hydrogens (tertiary/aromatic N) is 3. The van der Waals surface area contributed by atoms with Crippen LogP contribution in [0.4, 0.5) is 11.6 Å². The zero-order valence-electron chi connectivity index (χ0n) is 11.1. The molecule has 0 saturated heterocycles. The molecule has 0 fully saturated rings. The first-order valence-electron chi connectivity index (χ1n) is 6.06. The van der Waals surface area contributed by atoms with Crippen LogP contribution in [0.25, 0.3) is 0 Å². The maximum atomic E-state index is 5.35. The molecule has 0 saturated carbocycles. The Bertz CT molecular complexity index is 327. The van der Waals surface area contributed by atoms with E-state index < -0.39 is 0 Å². The lowest BCUT2D eigenvalue weighted by molar-refractivity contribution is 0.548. The molecule has 1 aromatic rings. The van der Waals surface area contributed by atoms with Crippen molar-refractivity contribution in [2.45, 2.75) is 27.7 Å². The molecule has 0 amide bonds. The van der Waals surface area contributed by atoms with Gasteiger partial charge in [0.25, 0.3) is 0 Å². The van der Waals surface area contributed by atoms with Crippen LogP contribution in [0.2, 0.25) is 0 Å². The van der Waals surface area contributed by atoms with Crippen LogP contribution in [-0.4, -0.2) is 23.1 Å². The zero-order chi connectivity index (χ0) is 12.8. The number of nitrogens with two attached hydrogens (primary N) is 1. The molecular formula is C12H23N5. The lowest BCUT2D eigenvalue weighted by Crippen LogP contribution is -2.32. The molecule has 0 unspecified atom stereocenters. The molecule has 0 aromatic carbocycles. The maximum Gasteiger partial charge on any atom is 0.160 e. The number of hydrazine groups is 1. The van der Waals surface area contributed by atoms with Gasteiger partial charge < -0.3 is 10.3 Å². The Labute approximate surface area is 103 Å². The molecular weight excluding hydrogens is 214 g/mol. The van der Waals surface area contributed by atoms with Crippen molar-refractivity contribution in [3.05, 3.63) is 12.4 Å². The number of anilines is 2. The summed E-state index contributed by atoms with van der Waals surface area (Å²) in [6.07, 6.45) is 3.40. The average molecular weight is 237 g/mol. The second-order valence-electron chi connectivity index (χ2n) is 5.10. The summed E-state index contributed by atoms with van der Waals surface area (Å²) in [5.74, 6) is 8.00. The number of nitrogens with one attached hydrogen (secondary N) is 1. The van der Waals surface area contributed by atoms with Gasteiger partial charge in [-0.2, -0.15) is 0 Å². The van der Waals surface area contributed by atoms with Crippen molar-refractivity contribution in [3.63, 3.8) is 0 Å². The molecule has 5 heteroatoms. The summed E-state index contributed by atoms with van der Waals surface area (Å²) in [5.41, 5.74) is 2.53. The van der Waals surface area contributed by atoms with E-state index in [9.17, 15) is 0 Å². The summed E-state index contributed by atoms with van der Waals surface area (Å²) in [7, 11) is 0. The summed E-state index contributed by atoms with van der Waals surface area (Å²) in [6, 6.07) is 0. The normalized spacial score (nSPS) is 11.0. The highest BCUT2D eigenvalue weighted by atomic mass is 15.3. The van der Waals surface area contributed by atoms with Crippen LogP contribution in [0.15, 0.2) is 12.4 Å². The number of nitrogen functional groups attached to an aromatic ring is 1. The van der Waals surface area contributed by atoms with Crippen molar-refractivity contribution >= 4 is 11.6 Å². The van der Waals surface area contributed by atoms with Crippen LogP contribution in [-0.2, 0) is 0 Å². The van der Waals surface area contributed by atoms with E-state index in [1.165, 1.54) is 0 Å². The highest BCUT2D eigenvalue weighted by Crippen LogP contribution is 2.15. The predicted molar refractivity (Wildman–Crippen MR) is 71.7 cm³/mol. The third-order valence-corrected chi connectivity index (χ3v) is 2.26. The van der Waals surface area contributed by atoms with E-state index >= 15 is 0 Å². The lowest BCUT2D eigenvalue weighted by Gasteiger charge is -2.27. The molecule has 0 aliphatic heterocycles. The first kappa shape index (κ1) is 13.7. The molecule has 96 valence electrons. The lowest BCUT2D eigenvalue weighted by atomic mass is 10.1. The summed E-state index contributed by atoms with van der Waals surface area (Å²) >= 11 is 0. The molecule has 0 aliphatic rings. The van der Waals surface area contributed by atoms with Gasteiger partial charge in [0, 0.05) is 13.1 Å². The summed E-state index contributed by atoms with van der Waals surface area (Å²) in [6.45, 7) is 10.7.